The summed E-state index contributed by atoms with van der Waals surface area (Å²) in [6.07, 6.45) is 6.30. The molecule has 0 spiro atoms. The molecule has 0 saturated heterocycles. The van der Waals surface area contributed by atoms with E-state index in [1.807, 2.05) is 32.0 Å². The van der Waals surface area contributed by atoms with E-state index in [0.717, 1.165) is 44.9 Å². The van der Waals surface area contributed by atoms with Crippen LogP contribution < -0.4 is 10.1 Å². The molecule has 0 radical (unpaired) electrons. The summed E-state index contributed by atoms with van der Waals surface area (Å²) in [7, 11) is -3.80. The summed E-state index contributed by atoms with van der Waals surface area (Å²) in [5.74, 6) is 0.376. The van der Waals surface area contributed by atoms with E-state index < -0.39 is 10.0 Å². The van der Waals surface area contributed by atoms with E-state index in [2.05, 4.69) is 17.4 Å². The fourth-order valence-corrected chi connectivity index (χ4v) is 5.99. The van der Waals surface area contributed by atoms with Crippen molar-refractivity contribution in [3.63, 3.8) is 0 Å². The van der Waals surface area contributed by atoms with E-state index in [0.29, 0.717) is 12.4 Å². The molecule has 0 unspecified atom stereocenters. The molecule has 0 aliphatic heterocycles. The van der Waals surface area contributed by atoms with Crippen LogP contribution in [0.3, 0.4) is 0 Å². The van der Waals surface area contributed by atoms with Gasteiger partial charge in [0.05, 0.1) is 18.0 Å². The number of ether oxygens (including phenoxy) is 1. The molecule has 6 nitrogen and oxygen atoms in total. The highest BCUT2D eigenvalue weighted by Crippen LogP contribution is 2.28. The van der Waals surface area contributed by atoms with Gasteiger partial charge in [-0.3, -0.25) is 4.79 Å². The molecule has 1 fully saturated rings. The van der Waals surface area contributed by atoms with Crippen LogP contribution in [0.25, 0.3) is 0 Å². The van der Waals surface area contributed by atoms with Crippen molar-refractivity contribution in [2.45, 2.75) is 75.8 Å². The lowest BCUT2D eigenvalue weighted by atomic mass is 9.95. The molecule has 1 atom stereocenters. The van der Waals surface area contributed by atoms with Crippen LogP contribution in [0.5, 0.6) is 5.75 Å². The summed E-state index contributed by atoms with van der Waals surface area (Å²) >= 11 is 0. The van der Waals surface area contributed by atoms with Crippen molar-refractivity contribution < 1.29 is 17.9 Å². The summed E-state index contributed by atoms with van der Waals surface area (Å²) in [4.78, 5) is 13.1. The largest absolute Gasteiger partial charge is 0.494 e. The Balaban J connectivity index is 1.68. The first-order valence-electron chi connectivity index (χ1n) is 12.0. The Hall–Kier alpha value is -2.38. The third-order valence-corrected chi connectivity index (χ3v) is 8.05. The van der Waals surface area contributed by atoms with Crippen LogP contribution in [0.15, 0.2) is 59.5 Å². The first-order valence-corrected chi connectivity index (χ1v) is 13.4. The maximum Gasteiger partial charge on any atom is 0.243 e. The maximum absolute atomic E-state index is 13.5. The molecule has 33 heavy (non-hydrogen) atoms. The minimum absolute atomic E-state index is 0.0425. The van der Waals surface area contributed by atoms with E-state index in [-0.39, 0.29) is 29.4 Å². The first kappa shape index (κ1) is 25.2. The number of hydrogen-bond donors (Lipinski definition) is 1. The van der Waals surface area contributed by atoms with Gasteiger partial charge in [-0.05, 0) is 69.4 Å². The van der Waals surface area contributed by atoms with Crippen molar-refractivity contribution in [1.82, 2.24) is 9.62 Å². The lowest BCUT2D eigenvalue weighted by Gasteiger charge is -2.33. The number of benzene rings is 2. The normalized spacial score (nSPS) is 15.8. The molecular weight excluding hydrogens is 436 g/mol. The minimum atomic E-state index is -3.80. The number of carbonyl (C=O) groups is 1. The Morgan fingerprint density at radius 1 is 1.06 bits per heavy atom. The second-order valence-electron chi connectivity index (χ2n) is 8.74. The van der Waals surface area contributed by atoms with E-state index in [9.17, 15) is 13.2 Å². The van der Waals surface area contributed by atoms with Crippen molar-refractivity contribution in [3.8, 4) is 5.75 Å². The average molecular weight is 473 g/mol. The van der Waals surface area contributed by atoms with Crippen LogP contribution in [0.1, 0.15) is 57.9 Å². The van der Waals surface area contributed by atoms with Crippen LogP contribution in [0.4, 0.5) is 0 Å². The molecule has 1 aliphatic carbocycles. The van der Waals surface area contributed by atoms with Gasteiger partial charge >= 0.3 is 0 Å². The third-order valence-electron chi connectivity index (χ3n) is 6.14. The summed E-state index contributed by atoms with van der Waals surface area (Å²) in [6, 6.07) is 16.4. The van der Waals surface area contributed by atoms with Gasteiger partial charge in [-0.2, -0.15) is 4.31 Å². The number of amides is 1. The average Bonchev–Trinajstić information content (AvgIpc) is 2.83. The van der Waals surface area contributed by atoms with Gasteiger partial charge in [0.25, 0.3) is 0 Å². The van der Waals surface area contributed by atoms with Gasteiger partial charge in [-0.15, -0.1) is 0 Å². The molecule has 0 aromatic heterocycles. The SMILES string of the molecule is CCOc1ccc(S(=O)(=O)N(CC(=O)N[C@H](C)CCc2ccccc2)C2CCCCC2)cc1. The predicted molar refractivity (Wildman–Crippen MR) is 131 cm³/mol. The van der Waals surface area contributed by atoms with E-state index in [1.165, 1.54) is 9.87 Å². The maximum atomic E-state index is 13.5. The van der Waals surface area contributed by atoms with Crippen LogP contribution in [0.2, 0.25) is 0 Å². The molecule has 0 bridgehead atoms. The number of aryl methyl sites for hydroxylation is 1. The monoisotopic (exact) mass is 472 g/mol. The molecule has 180 valence electrons. The van der Waals surface area contributed by atoms with Crippen molar-refractivity contribution in [2.24, 2.45) is 0 Å². The van der Waals surface area contributed by atoms with Gasteiger partial charge in [0, 0.05) is 12.1 Å². The Labute approximate surface area is 198 Å². The Bertz CT molecular complexity index is 971. The summed E-state index contributed by atoms with van der Waals surface area (Å²) in [5, 5.41) is 3.00. The number of nitrogens with zero attached hydrogens (tertiary/aromatic N) is 1. The highest BCUT2D eigenvalue weighted by atomic mass is 32.2. The van der Waals surface area contributed by atoms with E-state index in [4.69, 9.17) is 4.74 Å². The molecule has 1 saturated carbocycles. The van der Waals surface area contributed by atoms with Crippen molar-refractivity contribution in [3.05, 3.63) is 60.2 Å². The summed E-state index contributed by atoms with van der Waals surface area (Å²) in [6.45, 7) is 4.21. The fourth-order valence-electron chi connectivity index (χ4n) is 4.35. The molecular formula is C26H36N2O4S. The number of carbonyl (C=O) groups excluding carboxylic acids is 1. The number of rotatable bonds is 11. The van der Waals surface area contributed by atoms with Crippen LogP contribution >= 0.6 is 0 Å². The molecule has 1 aliphatic rings. The smallest absolute Gasteiger partial charge is 0.243 e. The molecule has 1 amide bonds. The van der Waals surface area contributed by atoms with Gasteiger partial charge < -0.3 is 10.1 Å². The molecule has 7 heteroatoms. The number of hydrogen-bond acceptors (Lipinski definition) is 4. The lowest BCUT2D eigenvalue weighted by Crippen LogP contribution is -2.48. The highest BCUT2D eigenvalue weighted by Gasteiger charge is 2.34. The van der Waals surface area contributed by atoms with E-state index in [1.54, 1.807) is 24.3 Å². The lowest BCUT2D eigenvalue weighted by molar-refractivity contribution is -0.122. The summed E-state index contributed by atoms with van der Waals surface area (Å²) < 4.78 is 33.9. The second kappa shape index (κ2) is 12.2. The number of nitrogens with one attached hydrogen (secondary N) is 1. The molecule has 0 heterocycles. The van der Waals surface area contributed by atoms with Crippen LogP contribution in [0, 0.1) is 0 Å². The molecule has 2 aromatic rings. The zero-order chi connectivity index (χ0) is 23.7. The summed E-state index contributed by atoms with van der Waals surface area (Å²) in [5.41, 5.74) is 1.22. The Morgan fingerprint density at radius 2 is 1.73 bits per heavy atom. The Morgan fingerprint density at radius 3 is 2.36 bits per heavy atom. The second-order valence-corrected chi connectivity index (χ2v) is 10.6. The van der Waals surface area contributed by atoms with Crippen molar-refractivity contribution in [2.75, 3.05) is 13.2 Å². The quantitative estimate of drug-likeness (QED) is 0.521. The molecule has 1 N–H and O–H groups in total. The van der Waals surface area contributed by atoms with Crippen LogP contribution in [-0.4, -0.2) is 43.9 Å². The zero-order valence-corrected chi connectivity index (χ0v) is 20.5. The molecule has 2 aromatic carbocycles. The van der Waals surface area contributed by atoms with Crippen molar-refractivity contribution >= 4 is 15.9 Å². The van der Waals surface area contributed by atoms with Gasteiger partial charge in [0.1, 0.15) is 5.75 Å². The Kier molecular flexibility index (Phi) is 9.32. The first-order chi connectivity index (χ1) is 15.9. The van der Waals surface area contributed by atoms with Crippen LogP contribution in [-0.2, 0) is 21.2 Å². The standard InChI is InChI=1S/C26H36N2O4S/c1-3-32-24-16-18-25(19-17-24)33(30,31)28(23-12-8-5-9-13-23)20-26(29)27-21(2)14-15-22-10-6-4-7-11-22/h4,6-7,10-11,16-19,21,23H,3,5,8-9,12-15,20H2,1-2H3,(H,27,29)/t21-/m1/s1. The molecule has 3 rings (SSSR count). The number of sulfonamides is 1. The highest BCUT2D eigenvalue weighted by molar-refractivity contribution is 7.89. The van der Waals surface area contributed by atoms with Gasteiger partial charge in [-0.25, -0.2) is 8.42 Å². The van der Waals surface area contributed by atoms with E-state index >= 15 is 0 Å². The van der Waals surface area contributed by atoms with Gasteiger partial charge in [0.15, 0.2) is 0 Å². The predicted octanol–water partition coefficient (Wildman–Crippen LogP) is 4.55. The topological polar surface area (TPSA) is 75.7 Å². The van der Waals surface area contributed by atoms with Gasteiger partial charge in [-0.1, -0.05) is 49.6 Å². The third kappa shape index (κ3) is 7.30. The zero-order valence-electron chi connectivity index (χ0n) is 19.7. The van der Waals surface area contributed by atoms with Crippen molar-refractivity contribution in [1.29, 1.82) is 0 Å². The van der Waals surface area contributed by atoms with Gasteiger partial charge in [0.2, 0.25) is 15.9 Å². The minimum Gasteiger partial charge on any atom is -0.494 e. The fraction of sp³-hybridized carbons (Fsp3) is 0.500.